The van der Waals surface area contributed by atoms with E-state index in [1.54, 1.807) is 4.90 Å². The van der Waals surface area contributed by atoms with Crippen molar-refractivity contribution in [3.8, 4) is 5.75 Å². The summed E-state index contributed by atoms with van der Waals surface area (Å²) in [5, 5.41) is 0.973. The van der Waals surface area contributed by atoms with Crippen LogP contribution in [0.25, 0.3) is 0 Å². The molecule has 0 saturated carbocycles. The number of carbonyl (C=O) groups is 1. The van der Waals surface area contributed by atoms with Gasteiger partial charge in [0.05, 0.1) is 17.7 Å². The molecule has 1 amide bonds. The van der Waals surface area contributed by atoms with Gasteiger partial charge < -0.3 is 9.64 Å². The first-order valence-corrected chi connectivity index (χ1v) is 13.7. The summed E-state index contributed by atoms with van der Waals surface area (Å²) in [5.74, 6) is 0.330. The number of alkyl halides is 4. The number of hydrogen-bond donors (Lipinski definition) is 0. The predicted octanol–water partition coefficient (Wildman–Crippen LogP) is 6.32. The number of nitrogens with zero attached hydrogens (tertiary/aromatic N) is 3. The van der Waals surface area contributed by atoms with Crippen molar-refractivity contribution in [1.29, 1.82) is 0 Å². The van der Waals surface area contributed by atoms with E-state index in [1.165, 1.54) is 11.1 Å². The average Bonchev–Trinajstić information content (AvgIpc) is 2.87. The summed E-state index contributed by atoms with van der Waals surface area (Å²) in [6.07, 6.45) is 2.56. The Balaban J connectivity index is 1.48. The molecule has 2 aliphatic heterocycles. The van der Waals surface area contributed by atoms with E-state index in [0.29, 0.717) is 26.2 Å². The zero-order chi connectivity index (χ0) is 25.9. The van der Waals surface area contributed by atoms with Crippen LogP contribution < -0.4 is 4.74 Å². The Morgan fingerprint density at radius 3 is 2.69 bits per heavy atom. The number of benzene rings is 1. The molecule has 36 heavy (non-hydrogen) atoms. The molecule has 0 radical (unpaired) electrons. The fraction of sp³-hybridized carbons (Fsp3) is 0.556. The summed E-state index contributed by atoms with van der Waals surface area (Å²) >= 11 is 3.45. The van der Waals surface area contributed by atoms with E-state index in [-0.39, 0.29) is 17.6 Å². The third-order valence-corrected chi connectivity index (χ3v) is 8.07. The monoisotopic (exact) mass is 567 g/mol. The van der Waals surface area contributed by atoms with Gasteiger partial charge in [0.1, 0.15) is 5.75 Å². The normalized spacial score (nSPS) is 20.8. The van der Waals surface area contributed by atoms with E-state index in [0.717, 1.165) is 67.2 Å². The van der Waals surface area contributed by atoms with Gasteiger partial charge >= 0.3 is 6.18 Å². The van der Waals surface area contributed by atoms with Crippen LogP contribution in [0, 0.1) is 13.8 Å². The van der Waals surface area contributed by atoms with E-state index >= 15 is 0 Å². The van der Waals surface area contributed by atoms with Crippen LogP contribution in [0.15, 0.2) is 30.6 Å². The molecule has 2 fully saturated rings. The Morgan fingerprint density at radius 2 is 1.94 bits per heavy atom. The van der Waals surface area contributed by atoms with Gasteiger partial charge in [-0.25, -0.2) is 0 Å². The van der Waals surface area contributed by atoms with Gasteiger partial charge in [-0.3, -0.25) is 14.7 Å². The van der Waals surface area contributed by atoms with Gasteiger partial charge in [0.25, 0.3) is 5.91 Å². The fourth-order valence-corrected chi connectivity index (χ4v) is 5.86. The van der Waals surface area contributed by atoms with Crippen LogP contribution in [-0.4, -0.2) is 58.3 Å². The van der Waals surface area contributed by atoms with Gasteiger partial charge in [-0.1, -0.05) is 22.0 Å². The number of amides is 1. The molecule has 0 N–H and O–H groups in total. The standard InChI is InChI=1S/C27H33BrF3N3O2/c1-18-19(2)25(36-15-4-3-11-28)9-8-21(18)24-7-5-6-20-17-33(13-14-34(20)24)26(35)22-16-32-12-10-23(22)27(29,30)31/h8-10,12,16,20,24H,3-7,11,13-15,17H2,1-2H3. The van der Waals surface area contributed by atoms with Crippen molar-refractivity contribution >= 4 is 21.8 Å². The summed E-state index contributed by atoms with van der Waals surface area (Å²) in [6, 6.07) is 5.45. The van der Waals surface area contributed by atoms with Crippen molar-refractivity contribution in [2.75, 3.05) is 31.6 Å². The Kier molecular flexibility index (Phi) is 8.60. The number of unbranched alkanes of at least 4 members (excludes halogenated alkanes) is 1. The molecule has 9 heteroatoms. The first-order chi connectivity index (χ1) is 17.2. The van der Waals surface area contributed by atoms with Gasteiger partial charge in [0, 0.05) is 49.4 Å². The summed E-state index contributed by atoms with van der Waals surface area (Å²) in [5.41, 5.74) is 2.35. The van der Waals surface area contributed by atoms with Crippen LogP contribution in [0.2, 0.25) is 0 Å². The van der Waals surface area contributed by atoms with Gasteiger partial charge in [-0.05, 0) is 74.8 Å². The number of pyridine rings is 1. The molecule has 0 bridgehead atoms. The SMILES string of the molecule is Cc1c(OCCCCBr)ccc(C2CCCC3CN(C(=O)c4cnccc4C(F)(F)F)CCN32)c1C. The summed E-state index contributed by atoms with van der Waals surface area (Å²) < 4.78 is 46.4. The highest BCUT2D eigenvalue weighted by atomic mass is 79.9. The van der Waals surface area contributed by atoms with E-state index in [2.05, 4.69) is 51.8 Å². The predicted molar refractivity (Wildman–Crippen MR) is 137 cm³/mol. The van der Waals surface area contributed by atoms with Crippen LogP contribution in [0.5, 0.6) is 5.75 Å². The van der Waals surface area contributed by atoms with E-state index in [4.69, 9.17) is 4.74 Å². The first-order valence-electron chi connectivity index (χ1n) is 12.6. The maximum Gasteiger partial charge on any atom is 0.417 e. The molecule has 5 nitrogen and oxygen atoms in total. The van der Waals surface area contributed by atoms with Crippen molar-refractivity contribution in [3.63, 3.8) is 0 Å². The summed E-state index contributed by atoms with van der Waals surface area (Å²) in [7, 11) is 0. The molecule has 196 valence electrons. The molecular weight excluding hydrogens is 535 g/mol. The number of piperidine rings is 1. The van der Waals surface area contributed by atoms with Crippen molar-refractivity contribution < 1.29 is 22.7 Å². The number of aromatic nitrogens is 1. The van der Waals surface area contributed by atoms with Crippen molar-refractivity contribution in [1.82, 2.24) is 14.8 Å². The first kappa shape index (κ1) is 26.9. The fourth-order valence-electron chi connectivity index (χ4n) is 5.46. The number of fused-ring (bicyclic) bond motifs is 1. The quantitative estimate of drug-likeness (QED) is 0.290. The Morgan fingerprint density at radius 1 is 1.14 bits per heavy atom. The third-order valence-electron chi connectivity index (χ3n) is 7.51. The molecule has 1 aromatic carbocycles. The highest BCUT2D eigenvalue weighted by Crippen LogP contribution is 2.40. The molecule has 2 aromatic rings. The number of rotatable bonds is 7. The van der Waals surface area contributed by atoms with E-state index < -0.39 is 17.6 Å². The molecule has 2 saturated heterocycles. The Hall–Kier alpha value is -2.13. The molecule has 2 unspecified atom stereocenters. The highest BCUT2D eigenvalue weighted by molar-refractivity contribution is 9.09. The minimum Gasteiger partial charge on any atom is -0.493 e. The van der Waals surface area contributed by atoms with E-state index in [9.17, 15) is 18.0 Å². The topological polar surface area (TPSA) is 45.7 Å². The summed E-state index contributed by atoms with van der Waals surface area (Å²) in [6.45, 7) is 6.38. The number of hydrogen-bond acceptors (Lipinski definition) is 4. The second kappa shape index (κ2) is 11.5. The second-order valence-corrected chi connectivity index (χ2v) is 10.4. The molecular formula is C27H33BrF3N3O2. The minimum absolute atomic E-state index is 0.118. The van der Waals surface area contributed by atoms with Crippen LogP contribution in [-0.2, 0) is 6.18 Å². The van der Waals surface area contributed by atoms with Crippen LogP contribution >= 0.6 is 15.9 Å². The highest BCUT2D eigenvalue weighted by Gasteiger charge is 2.40. The van der Waals surface area contributed by atoms with Gasteiger partial charge in [0.15, 0.2) is 0 Å². The largest absolute Gasteiger partial charge is 0.493 e. The van der Waals surface area contributed by atoms with Crippen LogP contribution in [0.1, 0.15) is 70.8 Å². The lowest BCUT2D eigenvalue weighted by Gasteiger charge is -2.49. The molecule has 0 spiro atoms. The van der Waals surface area contributed by atoms with Crippen LogP contribution in [0.4, 0.5) is 13.2 Å². The zero-order valence-electron chi connectivity index (χ0n) is 20.8. The van der Waals surface area contributed by atoms with Crippen molar-refractivity contribution in [2.45, 2.75) is 64.2 Å². The smallest absolute Gasteiger partial charge is 0.417 e. The van der Waals surface area contributed by atoms with Crippen molar-refractivity contribution in [3.05, 3.63) is 58.4 Å². The molecule has 0 aliphatic carbocycles. The maximum absolute atomic E-state index is 13.5. The maximum atomic E-state index is 13.5. The lowest BCUT2D eigenvalue weighted by atomic mass is 9.86. The third kappa shape index (κ3) is 5.72. The molecule has 2 aliphatic rings. The Bertz CT molecular complexity index is 1080. The van der Waals surface area contributed by atoms with Gasteiger partial charge in [-0.15, -0.1) is 0 Å². The average molecular weight is 568 g/mol. The Labute approximate surface area is 219 Å². The van der Waals surface area contributed by atoms with Gasteiger partial charge in [0.2, 0.25) is 0 Å². The number of ether oxygens (including phenoxy) is 1. The summed E-state index contributed by atoms with van der Waals surface area (Å²) in [4.78, 5) is 20.9. The molecule has 2 atom stereocenters. The molecule has 3 heterocycles. The molecule has 1 aromatic heterocycles. The second-order valence-electron chi connectivity index (χ2n) is 9.66. The number of piperazine rings is 1. The lowest BCUT2D eigenvalue weighted by Crippen LogP contribution is -2.57. The number of carbonyl (C=O) groups excluding carboxylic acids is 1. The minimum atomic E-state index is -4.59. The molecule has 4 rings (SSSR count). The van der Waals surface area contributed by atoms with E-state index in [1.807, 2.05) is 0 Å². The van der Waals surface area contributed by atoms with Crippen LogP contribution in [0.3, 0.4) is 0 Å². The van der Waals surface area contributed by atoms with Gasteiger partial charge in [-0.2, -0.15) is 13.2 Å². The lowest BCUT2D eigenvalue weighted by molar-refractivity contribution is -0.138. The number of halogens is 4. The van der Waals surface area contributed by atoms with Crippen molar-refractivity contribution in [2.24, 2.45) is 0 Å². The zero-order valence-corrected chi connectivity index (χ0v) is 22.4.